The van der Waals surface area contributed by atoms with Crippen LogP contribution in [-0.4, -0.2) is 4.57 Å². The molecule has 0 radical (unpaired) electrons. The minimum atomic E-state index is 0.637. The Hall–Kier alpha value is -5.37. The molecule has 0 N–H and O–H groups in total. The monoisotopic (exact) mass is 540 g/mol. The number of thiophene rings is 1. The minimum Gasteiger partial charge on any atom is -0.454 e. The smallest absolute Gasteiger partial charge is 0.159 e. The summed E-state index contributed by atoms with van der Waals surface area (Å²) >= 11 is 1.84. The van der Waals surface area contributed by atoms with E-state index >= 15 is 0 Å². The fourth-order valence-electron chi connectivity index (χ4n) is 6.44. The van der Waals surface area contributed by atoms with Crippen LogP contribution in [0.1, 0.15) is 5.56 Å². The molecule has 0 aliphatic carbocycles. The van der Waals surface area contributed by atoms with Crippen LogP contribution in [0.25, 0.3) is 80.7 Å². The van der Waals surface area contributed by atoms with Gasteiger partial charge in [-0.2, -0.15) is 5.26 Å². The van der Waals surface area contributed by atoms with E-state index in [-0.39, 0.29) is 0 Å². The number of para-hydroxylation sites is 2. The normalized spacial score (nSPS) is 11.9. The Morgan fingerprint density at radius 3 is 2.32 bits per heavy atom. The van der Waals surface area contributed by atoms with Crippen LogP contribution in [0.15, 0.2) is 126 Å². The van der Waals surface area contributed by atoms with Gasteiger partial charge in [-0.05, 0) is 59.7 Å². The van der Waals surface area contributed by atoms with Gasteiger partial charge in [0, 0.05) is 41.7 Å². The van der Waals surface area contributed by atoms with E-state index in [0.29, 0.717) is 5.56 Å². The molecule has 41 heavy (non-hydrogen) atoms. The van der Waals surface area contributed by atoms with Gasteiger partial charge in [0.25, 0.3) is 0 Å². The molecule has 190 valence electrons. The van der Waals surface area contributed by atoms with Crippen molar-refractivity contribution in [2.75, 3.05) is 0 Å². The second-order valence-corrected chi connectivity index (χ2v) is 11.5. The van der Waals surface area contributed by atoms with E-state index in [0.717, 1.165) is 49.4 Å². The summed E-state index contributed by atoms with van der Waals surface area (Å²) < 4.78 is 11.4. The van der Waals surface area contributed by atoms with Gasteiger partial charge in [0.05, 0.1) is 28.4 Å². The number of aromatic nitrogens is 1. The Morgan fingerprint density at radius 2 is 1.39 bits per heavy atom. The Labute approximate surface area is 238 Å². The zero-order valence-corrected chi connectivity index (χ0v) is 22.6. The predicted molar refractivity (Wildman–Crippen MR) is 171 cm³/mol. The van der Waals surface area contributed by atoms with Gasteiger partial charge < -0.3 is 8.98 Å². The summed E-state index contributed by atoms with van der Waals surface area (Å²) in [6, 6.07) is 44.7. The SMILES string of the molecule is N#Cc1ccc2c3ccccc3n(-c3cccc4c3oc3ccc(-c5cccc6sc7ccccc7c56)cc34)c2c1. The highest BCUT2D eigenvalue weighted by atomic mass is 32.1. The summed E-state index contributed by atoms with van der Waals surface area (Å²) in [5.41, 5.74) is 7.79. The molecule has 3 aromatic heterocycles. The molecule has 0 saturated carbocycles. The first kappa shape index (κ1) is 22.4. The second kappa shape index (κ2) is 8.32. The number of nitriles is 1. The van der Waals surface area contributed by atoms with Gasteiger partial charge in [0.1, 0.15) is 5.58 Å². The van der Waals surface area contributed by atoms with Gasteiger partial charge in [-0.25, -0.2) is 0 Å². The number of nitrogens with zero attached hydrogens (tertiary/aromatic N) is 2. The van der Waals surface area contributed by atoms with Crippen LogP contribution in [0.5, 0.6) is 0 Å². The van der Waals surface area contributed by atoms with Crippen molar-refractivity contribution in [3.63, 3.8) is 0 Å². The molecule has 0 fully saturated rings. The largest absolute Gasteiger partial charge is 0.454 e. The van der Waals surface area contributed by atoms with Gasteiger partial charge in [-0.1, -0.05) is 72.8 Å². The quantitative estimate of drug-likeness (QED) is 0.219. The minimum absolute atomic E-state index is 0.637. The van der Waals surface area contributed by atoms with Crippen molar-refractivity contribution < 1.29 is 4.42 Å². The Kier molecular flexibility index (Phi) is 4.55. The molecule has 6 aromatic carbocycles. The first-order valence-electron chi connectivity index (χ1n) is 13.6. The average Bonchev–Trinajstić information content (AvgIpc) is 3.69. The third-order valence-electron chi connectivity index (χ3n) is 8.23. The Morgan fingerprint density at radius 1 is 0.610 bits per heavy atom. The number of rotatable bonds is 2. The fraction of sp³-hybridized carbons (Fsp3) is 0. The highest BCUT2D eigenvalue weighted by Gasteiger charge is 2.19. The molecule has 0 bridgehead atoms. The molecule has 0 amide bonds. The number of hydrogen-bond donors (Lipinski definition) is 0. The molecular weight excluding hydrogens is 520 g/mol. The van der Waals surface area contributed by atoms with Gasteiger partial charge in [-0.3, -0.25) is 0 Å². The first-order valence-corrected chi connectivity index (χ1v) is 14.4. The van der Waals surface area contributed by atoms with E-state index < -0.39 is 0 Å². The van der Waals surface area contributed by atoms with Crippen molar-refractivity contribution >= 4 is 75.3 Å². The summed E-state index contributed by atoms with van der Waals surface area (Å²) in [6.07, 6.45) is 0. The maximum Gasteiger partial charge on any atom is 0.159 e. The number of fused-ring (bicyclic) bond motifs is 9. The average molecular weight is 541 g/mol. The van der Waals surface area contributed by atoms with Crippen molar-refractivity contribution in [2.24, 2.45) is 0 Å². The van der Waals surface area contributed by atoms with Crippen molar-refractivity contribution in [3.8, 4) is 22.9 Å². The first-order chi connectivity index (χ1) is 20.3. The summed E-state index contributed by atoms with van der Waals surface area (Å²) in [6.45, 7) is 0. The predicted octanol–water partition coefficient (Wildman–Crippen LogP) is 10.6. The zero-order chi connectivity index (χ0) is 27.1. The van der Waals surface area contributed by atoms with Gasteiger partial charge in [0.15, 0.2) is 5.58 Å². The summed E-state index contributed by atoms with van der Waals surface area (Å²) in [7, 11) is 0. The lowest BCUT2D eigenvalue weighted by Crippen LogP contribution is -1.94. The third-order valence-corrected chi connectivity index (χ3v) is 9.37. The topological polar surface area (TPSA) is 41.9 Å². The fourth-order valence-corrected chi connectivity index (χ4v) is 7.57. The highest BCUT2D eigenvalue weighted by molar-refractivity contribution is 7.25. The van der Waals surface area contributed by atoms with Gasteiger partial charge >= 0.3 is 0 Å². The van der Waals surface area contributed by atoms with Crippen molar-refractivity contribution in [3.05, 3.63) is 127 Å². The molecule has 0 atom stereocenters. The molecular formula is C37H20N2OS. The lowest BCUT2D eigenvalue weighted by molar-refractivity contribution is 0.666. The van der Waals surface area contributed by atoms with Gasteiger partial charge in [0.2, 0.25) is 0 Å². The lowest BCUT2D eigenvalue weighted by Gasteiger charge is -2.08. The Balaban J connectivity index is 1.32. The van der Waals surface area contributed by atoms with Crippen LogP contribution in [0.2, 0.25) is 0 Å². The molecule has 9 rings (SSSR count). The second-order valence-electron chi connectivity index (χ2n) is 10.4. The number of benzene rings is 6. The molecule has 0 unspecified atom stereocenters. The number of hydrogen-bond acceptors (Lipinski definition) is 3. The van der Waals surface area contributed by atoms with Crippen LogP contribution in [0, 0.1) is 11.3 Å². The molecule has 4 heteroatoms. The van der Waals surface area contributed by atoms with Crippen LogP contribution in [0.4, 0.5) is 0 Å². The zero-order valence-electron chi connectivity index (χ0n) is 21.8. The molecule has 0 saturated heterocycles. The van der Waals surface area contributed by atoms with E-state index in [9.17, 15) is 5.26 Å². The van der Waals surface area contributed by atoms with E-state index in [4.69, 9.17) is 4.42 Å². The molecule has 9 aromatic rings. The summed E-state index contributed by atoms with van der Waals surface area (Å²) in [5, 5.41) is 16.7. The van der Waals surface area contributed by atoms with Gasteiger partial charge in [-0.15, -0.1) is 11.3 Å². The maximum atomic E-state index is 9.65. The molecule has 0 spiro atoms. The van der Waals surface area contributed by atoms with Crippen LogP contribution >= 0.6 is 11.3 Å². The Bertz CT molecular complexity index is 2560. The molecule has 0 aliphatic rings. The highest BCUT2D eigenvalue weighted by Crippen LogP contribution is 2.42. The summed E-state index contributed by atoms with van der Waals surface area (Å²) in [4.78, 5) is 0. The summed E-state index contributed by atoms with van der Waals surface area (Å²) in [5.74, 6) is 0. The molecule has 3 nitrogen and oxygen atoms in total. The molecule has 3 heterocycles. The van der Waals surface area contributed by atoms with E-state index in [1.165, 1.54) is 31.3 Å². The van der Waals surface area contributed by atoms with E-state index in [1.54, 1.807) is 0 Å². The van der Waals surface area contributed by atoms with E-state index in [2.05, 4.69) is 114 Å². The standard InChI is InChI=1S/C37H20N2OS/c38-21-22-15-17-26-25-7-1-3-11-30(25)39(32(26)19-22)31-12-5-10-27-29-20-23(16-18-33(29)40-37(27)31)24-9-6-14-35-36(24)28-8-2-4-13-34(28)41-35/h1-20H. The maximum absolute atomic E-state index is 9.65. The van der Waals surface area contributed by atoms with Crippen LogP contribution in [-0.2, 0) is 0 Å². The van der Waals surface area contributed by atoms with Crippen molar-refractivity contribution in [2.45, 2.75) is 0 Å². The lowest BCUT2D eigenvalue weighted by atomic mass is 9.98. The van der Waals surface area contributed by atoms with Crippen LogP contribution < -0.4 is 0 Å². The van der Waals surface area contributed by atoms with Crippen molar-refractivity contribution in [1.29, 1.82) is 5.26 Å². The third kappa shape index (κ3) is 3.12. The van der Waals surface area contributed by atoms with Crippen molar-refractivity contribution in [1.82, 2.24) is 4.57 Å². The number of furan rings is 1. The molecule has 0 aliphatic heterocycles. The van der Waals surface area contributed by atoms with E-state index in [1.807, 2.05) is 29.5 Å². The van der Waals surface area contributed by atoms with Crippen LogP contribution in [0.3, 0.4) is 0 Å².